The summed E-state index contributed by atoms with van der Waals surface area (Å²) < 4.78 is 7.64. The highest BCUT2D eigenvalue weighted by atomic mass is 79.9. The first-order valence-corrected chi connectivity index (χ1v) is 12.5. The molecule has 1 amide bonds. The zero-order chi connectivity index (χ0) is 24.5. The minimum atomic E-state index is -0.414. The van der Waals surface area contributed by atoms with Gasteiger partial charge in [-0.15, -0.1) is 0 Å². The van der Waals surface area contributed by atoms with Gasteiger partial charge in [0.05, 0.1) is 35.7 Å². The average molecular weight is 529 g/mol. The lowest BCUT2D eigenvalue weighted by Crippen LogP contribution is -2.39. The molecule has 0 bridgehead atoms. The fraction of sp³-hybridized carbons (Fsp3) is 0.423. The van der Waals surface area contributed by atoms with E-state index in [0.29, 0.717) is 48.5 Å². The maximum atomic E-state index is 13.7. The van der Waals surface area contributed by atoms with Gasteiger partial charge < -0.3 is 15.4 Å². The van der Waals surface area contributed by atoms with Crippen LogP contribution in [0.15, 0.2) is 57.8 Å². The number of halogens is 1. The van der Waals surface area contributed by atoms with Gasteiger partial charge in [0, 0.05) is 18.1 Å². The van der Waals surface area contributed by atoms with Gasteiger partial charge in [0.15, 0.2) is 0 Å². The van der Waals surface area contributed by atoms with E-state index in [2.05, 4.69) is 15.9 Å². The monoisotopic (exact) mass is 528 g/mol. The fourth-order valence-electron chi connectivity index (χ4n) is 4.08. The number of fused-ring (bicyclic) bond motifs is 1. The van der Waals surface area contributed by atoms with Crippen molar-refractivity contribution in [2.45, 2.75) is 45.2 Å². The number of aromatic nitrogens is 2. The molecule has 7 nitrogen and oxygen atoms in total. The van der Waals surface area contributed by atoms with Crippen LogP contribution >= 0.6 is 15.9 Å². The van der Waals surface area contributed by atoms with Gasteiger partial charge in [0.1, 0.15) is 5.82 Å². The highest BCUT2D eigenvalue weighted by Crippen LogP contribution is 2.26. The van der Waals surface area contributed by atoms with Crippen LogP contribution in [0.2, 0.25) is 0 Å². The number of hydrogen-bond donors (Lipinski definition) is 1. The van der Waals surface area contributed by atoms with E-state index in [-0.39, 0.29) is 11.5 Å². The number of nitrogens with two attached hydrogens (primary N) is 1. The summed E-state index contributed by atoms with van der Waals surface area (Å²) in [4.78, 5) is 33.7. The number of rotatable bonds is 12. The molecule has 1 unspecified atom stereocenters. The number of ether oxygens (including phenoxy) is 1. The van der Waals surface area contributed by atoms with Crippen molar-refractivity contribution in [2.24, 2.45) is 5.73 Å². The molecule has 8 heteroatoms. The molecule has 3 rings (SSSR count). The number of carbonyl (C=O) groups is 1. The molecule has 2 N–H and O–H groups in total. The van der Waals surface area contributed by atoms with Gasteiger partial charge in [-0.3, -0.25) is 14.2 Å². The molecule has 0 spiro atoms. The zero-order valence-electron chi connectivity index (χ0n) is 19.9. The molecule has 1 aromatic heterocycles. The normalized spacial score (nSPS) is 12.1. The Bertz CT molecular complexity index is 1160. The van der Waals surface area contributed by atoms with Crippen LogP contribution < -0.4 is 11.3 Å². The Labute approximate surface area is 209 Å². The van der Waals surface area contributed by atoms with Crippen molar-refractivity contribution in [1.29, 1.82) is 0 Å². The predicted octanol–water partition coefficient (Wildman–Crippen LogP) is 4.53. The molecule has 0 radical (unpaired) electrons. The quantitative estimate of drug-likeness (QED) is 0.349. The first-order valence-electron chi connectivity index (χ1n) is 11.7. The van der Waals surface area contributed by atoms with Crippen molar-refractivity contribution >= 4 is 32.7 Å². The van der Waals surface area contributed by atoms with E-state index in [9.17, 15) is 9.59 Å². The standard InChI is InChI=1S/C26H33BrN4O3/c1-19(24-29-23-14-8-6-12-21(23)26(33)31(24)17-18-34-2)30(16-10-4-3-9-15-28)25(32)20-11-5-7-13-22(20)27/h5-8,11-14,19H,3-4,9-10,15-18,28H2,1-2H3. The molecular weight excluding hydrogens is 496 g/mol. The summed E-state index contributed by atoms with van der Waals surface area (Å²) in [5.41, 5.74) is 6.72. The van der Waals surface area contributed by atoms with Crippen LogP contribution in [0.3, 0.4) is 0 Å². The van der Waals surface area contributed by atoms with Gasteiger partial charge in [-0.2, -0.15) is 0 Å². The topological polar surface area (TPSA) is 90.4 Å². The van der Waals surface area contributed by atoms with E-state index in [1.54, 1.807) is 17.7 Å². The smallest absolute Gasteiger partial charge is 0.261 e. The summed E-state index contributed by atoms with van der Waals surface area (Å²) in [7, 11) is 1.60. The molecule has 0 saturated heterocycles. The summed E-state index contributed by atoms with van der Waals surface area (Å²) >= 11 is 3.52. The summed E-state index contributed by atoms with van der Waals surface area (Å²) in [5, 5.41) is 0.556. The van der Waals surface area contributed by atoms with E-state index in [1.807, 2.05) is 54.3 Å². The Morgan fingerprint density at radius 1 is 1.12 bits per heavy atom. The van der Waals surface area contributed by atoms with E-state index in [0.717, 1.165) is 30.2 Å². The molecule has 1 atom stereocenters. The molecule has 0 aliphatic rings. The number of hydrogen-bond acceptors (Lipinski definition) is 5. The van der Waals surface area contributed by atoms with E-state index >= 15 is 0 Å². The van der Waals surface area contributed by atoms with Crippen LogP contribution in [-0.4, -0.2) is 47.2 Å². The van der Waals surface area contributed by atoms with Crippen molar-refractivity contribution in [2.75, 3.05) is 26.8 Å². The van der Waals surface area contributed by atoms with Crippen molar-refractivity contribution in [3.63, 3.8) is 0 Å². The largest absolute Gasteiger partial charge is 0.383 e. The lowest BCUT2D eigenvalue weighted by molar-refractivity contribution is 0.0672. The highest BCUT2D eigenvalue weighted by molar-refractivity contribution is 9.10. The van der Waals surface area contributed by atoms with Crippen molar-refractivity contribution in [3.05, 3.63) is 74.7 Å². The maximum absolute atomic E-state index is 13.7. The van der Waals surface area contributed by atoms with E-state index in [4.69, 9.17) is 15.5 Å². The summed E-state index contributed by atoms with van der Waals surface area (Å²) in [5.74, 6) is 0.461. The fourth-order valence-corrected chi connectivity index (χ4v) is 4.54. The SMILES string of the molecule is COCCn1c(C(C)N(CCCCCCN)C(=O)c2ccccc2Br)nc2ccccc2c1=O. The van der Waals surface area contributed by atoms with Crippen LogP contribution in [0, 0.1) is 0 Å². The zero-order valence-corrected chi connectivity index (χ0v) is 21.5. The Morgan fingerprint density at radius 2 is 1.82 bits per heavy atom. The van der Waals surface area contributed by atoms with Crippen LogP contribution in [-0.2, 0) is 11.3 Å². The van der Waals surface area contributed by atoms with Crippen molar-refractivity contribution < 1.29 is 9.53 Å². The number of amides is 1. The van der Waals surface area contributed by atoms with Gasteiger partial charge >= 0.3 is 0 Å². The first kappa shape index (κ1) is 26.1. The minimum Gasteiger partial charge on any atom is -0.383 e. The third-order valence-electron chi connectivity index (χ3n) is 5.97. The summed E-state index contributed by atoms with van der Waals surface area (Å²) in [6.07, 6.45) is 3.81. The lowest BCUT2D eigenvalue weighted by atomic mass is 10.1. The van der Waals surface area contributed by atoms with Crippen LogP contribution in [0.25, 0.3) is 10.9 Å². The molecule has 34 heavy (non-hydrogen) atoms. The molecule has 0 aliphatic heterocycles. The number of benzene rings is 2. The second-order valence-electron chi connectivity index (χ2n) is 8.29. The second kappa shape index (κ2) is 12.8. The van der Waals surface area contributed by atoms with Gasteiger partial charge in [0.2, 0.25) is 0 Å². The Morgan fingerprint density at radius 3 is 2.56 bits per heavy atom. The third kappa shape index (κ3) is 6.11. The maximum Gasteiger partial charge on any atom is 0.261 e. The van der Waals surface area contributed by atoms with Crippen molar-refractivity contribution in [1.82, 2.24) is 14.5 Å². The van der Waals surface area contributed by atoms with Gasteiger partial charge in [0.25, 0.3) is 11.5 Å². The average Bonchev–Trinajstić information content (AvgIpc) is 2.85. The van der Waals surface area contributed by atoms with Gasteiger partial charge in [-0.25, -0.2) is 4.98 Å². The minimum absolute atomic E-state index is 0.0977. The molecule has 2 aromatic carbocycles. The van der Waals surface area contributed by atoms with E-state index in [1.165, 1.54) is 0 Å². The second-order valence-corrected chi connectivity index (χ2v) is 9.15. The highest BCUT2D eigenvalue weighted by Gasteiger charge is 2.27. The summed E-state index contributed by atoms with van der Waals surface area (Å²) in [6.45, 7) is 3.90. The molecule has 1 heterocycles. The number of unbranched alkanes of at least 4 members (excludes halogenated alkanes) is 3. The van der Waals surface area contributed by atoms with E-state index < -0.39 is 6.04 Å². The summed E-state index contributed by atoms with van der Waals surface area (Å²) in [6, 6.07) is 14.3. The Kier molecular flexibility index (Phi) is 9.80. The Balaban J connectivity index is 2.03. The number of nitrogens with zero attached hydrogens (tertiary/aromatic N) is 3. The molecule has 0 fully saturated rings. The number of carbonyl (C=O) groups excluding carboxylic acids is 1. The number of methoxy groups -OCH3 is 1. The first-order chi connectivity index (χ1) is 16.5. The molecule has 0 saturated carbocycles. The molecule has 3 aromatic rings. The predicted molar refractivity (Wildman–Crippen MR) is 139 cm³/mol. The van der Waals surface area contributed by atoms with Crippen LogP contribution in [0.1, 0.15) is 54.8 Å². The Hall–Kier alpha value is -2.55. The third-order valence-corrected chi connectivity index (χ3v) is 6.66. The van der Waals surface area contributed by atoms with Crippen LogP contribution in [0.4, 0.5) is 0 Å². The molecule has 182 valence electrons. The molecule has 0 aliphatic carbocycles. The molecular formula is C26H33BrN4O3. The van der Waals surface area contributed by atoms with Crippen molar-refractivity contribution in [3.8, 4) is 0 Å². The van der Waals surface area contributed by atoms with Gasteiger partial charge in [-0.05, 0) is 66.5 Å². The van der Waals surface area contributed by atoms with Gasteiger partial charge in [-0.1, -0.05) is 37.1 Å². The lowest BCUT2D eigenvalue weighted by Gasteiger charge is -2.31. The number of para-hydroxylation sites is 1. The van der Waals surface area contributed by atoms with Crippen LogP contribution in [0.5, 0.6) is 0 Å².